The molecule has 0 radical (unpaired) electrons. The Hall–Kier alpha value is -4.95. The molecule has 210 valence electrons. The minimum atomic E-state index is -3.62. The van der Waals surface area contributed by atoms with Gasteiger partial charge in [0.05, 0.1) is 11.4 Å². The molecule has 42 heavy (non-hydrogen) atoms. The molecule has 1 N–H and O–H groups in total. The topological polar surface area (TPSA) is 86.4 Å². The van der Waals surface area contributed by atoms with Gasteiger partial charge in [-0.25, -0.2) is 13.4 Å². The first kappa shape index (κ1) is 27.2. The van der Waals surface area contributed by atoms with E-state index in [1.54, 1.807) is 19.0 Å². The summed E-state index contributed by atoms with van der Waals surface area (Å²) in [5.41, 5.74) is 7.58. The molecule has 2 heterocycles. The van der Waals surface area contributed by atoms with Crippen LogP contribution in [0.15, 0.2) is 109 Å². The molecule has 6 aromatic rings. The van der Waals surface area contributed by atoms with Gasteiger partial charge in [0.1, 0.15) is 5.65 Å². The summed E-state index contributed by atoms with van der Waals surface area (Å²) in [5, 5.41) is 1.79. The minimum Gasteiger partial charge on any atom is -0.339 e. The standard InChI is InChI=1S/C34H30N4O3S/c1-23(39)37(2)27-16-14-25(15-17-27)30-21-35-34-33(32(30)26-12-8-5-9-13-26)29-20-28(18-19-31(29)36-34)38(3)42(40,41)22-24-10-6-4-7-11-24/h4-21H,22H2,1-3H3,(H,35,36). The van der Waals surface area contributed by atoms with Gasteiger partial charge in [0.2, 0.25) is 15.9 Å². The summed E-state index contributed by atoms with van der Waals surface area (Å²) in [4.78, 5) is 21.7. The van der Waals surface area contributed by atoms with Gasteiger partial charge in [0.15, 0.2) is 0 Å². The van der Waals surface area contributed by atoms with Crippen LogP contribution >= 0.6 is 0 Å². The molecule has 0 atom stereocenters. The summed E-state index contributed by atoms with van der Waals surface area (Å²) >= 11 is 0. The molecule has 0 bridgehead atoms. The quantitative estimate of drug-likeness (QED) is 0.222. The fraction of sp³-hybridized carbons (Fsp3) is 0.118. The maximum absolute atomic E-state index is 13.4. The van der Waals surface area contributed by atoms with Crippen LogP contribution in [-0.2, 0) is 20.6 Å². The Morgan fingerprint density at radius 2 is 1.45 bits per heavy atom. The Labute approximate surface area is 245 Å². The number of nitrogens with one attached hydrogen (secondary N) is 1. The molecule has 0 aliphatic carbocycles. The molecule has 6 rings (SSSR count). The highest BCUT2D eigenvalue weighted by molar-refractivity contribution is 7.92. The maximum atomic E-state index is 13.4. The first-order valence-corrected chi connectivity index (χ1v) is 15.2. The molecule has 0 unspecified atom stereocenters. The lowest BCUT2D eigenvalue weighted by atomic mass is 9.92. The monoisotopic (exact) mass is 574 g/mol. The number of benzene rings is 4. The lowest BCUT2D eigenvalue weighted by molar-refractivity contribution is -0.116. The summed E-state index contributed by atoms with van der Waals surface area (Å²) in [7, 11) is -0.279. The Kier molecular flexibility index (Phi) is 7.00. The van der Waals surface area contributed by atoms with Gasteiger partial charge in [0, 0.05) is 60.3 Å². The molecule has 2 aromatic heterocycles. The number of rotatable bonds is 7. The van der Waals surface area contributed by atoms with Crippen LogP contribution in [-0.4, -0.2) is 38.4 Å². The Bertz CT molecular complexity index is 2020. The van der Waals surface area contributed by atoms with Crippen LogP contribution in [0.5, 0.6) is 0 Å². The van der Waals surface area contributed by atoms with Crippen molar-refractivity contribution in [3.05, 3.63) is 115 Å². The van der Waals surface area contributed by atoms with E-state index in [0.717, 1.165) is 49.8 Å². The van der Waals surface area contributed by atoms with Gasteiger partial charge in [-0.1, -0.05) is 72.8 Å². The average Bonchev–Trinajstić information content (AvgIpc) is 3.38. The number of anilines is 2. The van der Waals surface area contributed by atoms with Crippen LogP contribution in [0.1, 0.15) is 12.5 Å². The highest BCUT2D eigenvalue weighted by Crippen LogP contribution is 2.41. The third-order valence-electron chi connectivity index (χ3n) is 7.68. The first-order valence-electron chi connectivity index (χ1n) is 13.6. The van der Waals surface area contributed by atoms with E-state index in [9.17, 15) is 13.2 Å². The summed E-state index contributed by atoms with van der Waals surface area (Å²) < 4.78 is 28.1. The second-order valence-corrected chi connectivity index (χ2v) is 12.3. The number of aromatic amines is 1. The smallest absolute Gasteiger partial charge is 0.239 e. The second-order valence-electron chi connectivity index (χ2n) is 10.3. The molecule has 0 spiro atoms. The van der Waals surface area contributed by atoms with E-state index in [4.69, 9.17) is 4.98 Å². The molecular formula is C34H30N4O3S. The van der Waals surface area contributed by atoms with Crippen LogP contribution < -0.4 is 9.21 Å². The number of H-pyrrole nitrogens is 1. The number of sulfonamides is 1. The summed E-state index contributed by atoms with van der Waals surface area (Å²) in [5.74, 6) is -0.132. The van der Waals surface area contributed by atoms with Gasteiger partial charge in [0.25, 0.3) is 0 Å². The number of hydrogen-bond acceptors (Lipinski definition) is 4. The molecule has 0 fully saturated rings. The van der Waals surface area contributed by atoms with Crippen LogP contribution in [0, 0.1) is 0 Å². The highest BCUT2D eigenvalue weighted by atomic mass is 32.2. The van der Waals surface area contributed by atoms with Crippen LogP contribution in [0.3, 0.4) is 0 Å². The SMILES string of the molecule is CC(=O)N(C)c1ccc(-c2cnc3[nH]c4ccc(N(C)S(=O)(=O)Cc5ccccc5)cc4c3c2-c2ccccc2)cc1. The van der Waals surface area contributed by atoms with Crippen molar-refractivity contribution in [3.8, 4) is 22.3 Å². The Morgan fingerprint density at radius 3 is 2.12 bits per heavy atom. The van der Waals surface area contributed by atoms with Gasteiger partial charge in [-0.15, -0.1) is 0 Å². The van der Waals surface area contributed by atoms with Crippen molar-refractivity contribution in [2.45, 2.75) is 12.7 Å². The normalized spacial score (nSPS) is 11.6. The minimum absolute atomic E-state index is 0.0406. The highest BCUT2D eigenvalue weighted by Gasteiger charge is 2.22. The van der Waals surface area contributed by atoms with Crippen LogP contribution in [0.25, 0.3) is 44.2 Å². The summed E-state index contributed by atoms with van der Waals surface area (Å²) in [6.07, 6.45) is 1.86. The van der Waals surface area contributed by atoms with Gasteiger partial charge < -0.3 is 9.88 Å². The van der Waals surface area contributed by atoms with E-state index < -0.39 is 10.0 Å². The fourth-order valence-electron chi connectivity index (χ4n) is 5.25. The first-order chi connectivity index (χ1) is 20.2. The number of carbonyl (C=O) groups is 1. The molecule has 0 aliphatic rings. The number of nitrogens with zero attached hydrogens (tertiary/aromatic N) is 3. The molecule has 0 saturated heterocycles. The summed E-state index contributed by atoms with van der Waals surface area (Å²) in [6, 6.07) is 32.8. The van der Waals surface area contributed by atoms with Crippen LogP contribution in [0.4, 0.5) is 11.4 Å². The van der Waals surface area contributed by atoms with Crippen molar-refractivity contribution < 1.29 is 13.2 Å². The van der Waals surface area contributed by atoms with Crippen molar-refractivity contribution >= 4 is 49.2 Å². The third-order valence-corrected chi connectivity index (χ3v) is 9.42. The van der Waals surface area contributed by atoms with E-state index in [0.29, 0.717) is 11.3 Å². The lowest BCUT2D eigenvalue weighted by Crippen LogP contribution is -2.27. The van der Waals surface area contributed by atoms with Gasteiger partial charge >= 0.3 is 0 Å². The molecule has 4 aromatic carbocycles. The lowest BCUT2D eigenvalue weighted by Gasteiger charge is -2.20. The van der Waals surface area contributed by atoms with Crippen molar-refractivity contribution in [3.63, 3.8) is 0 Å². The molecule has 7 nitrogen and oxygen atoms in total. The van der Waals surface area contributed by atoms with Crippen molar-refractivity contribution in [1.82, 2.24) is 9.97 Å². The van der Waals surface area contributed by atoms with Crippen molar-refractivity contribution in [1.29, 1.82) is 0 Å². The van der Waals surface area contributed by atoms with E-state index in [1.165, 1.54) is 11.2 Å². The number of carbonyl (C=O) groups excluding carboxylic acids is 1. The van der Waals surface area contributed by atoms with E-state index in [2.05, 4.69) is 17.1 Å². The molecule has 8 heteroatoms. The maximum Gasteiger partial charge on any atom is 0.239 e. The second kappa shape index (κ2) is 10.8. The molecule has 0 aliphatic heterocycles. The molecule has 0 saturated carbocycles. The zero-order valence-electron chi connectivity index (χ0n) is 23.6. The molecular weight excluding hydrogens is 544 g/mol. The number of amides is 1. The number of pyridine rings is 1. The number of fused-ring (bicyclic) bond motifs is 3. The van der Waals surface area contributed by atoms with E-state index in [-0.39, 0.29) is 11.7 Å². The number of aromatic nitrogens is 2. The molecule has 1 amide bonds. The summed E-state index contributed by atoms with van der Waals surface area (Å²) in [6.45, 7) is 1.54. The zero-order valence-corrected chi connectivity index (χ0v) is 24.4. The van der Waals surface area contributed by atoms with E-state index in [1.807, 2.05) is 97.2 Å². The average molecular weight is 575 g/mol. The third kappa shape index (κ3) is 5.01. The van der Waals surface area contributed by atoms with Crippen molar-refractivity contribution in [2.24, 2.45) is 0 Å². The zero-order chi connectivity index (χ0) is 29.4. The predicted molar refractivity (Wildman–Crippen MR) is 171 cm³/mol. The van der Waals surface area contributed by atoms with Crippen molar-refractivity contribution in [2.75, 3.05) is 23.3 Å². The largest absolute Gasteiger partial charge is 0.339 e. The van der Waals surface area contributed by atoms with E-state index >= 15 is 0 Å². The predicted octanol–water partition coefficient (Wildman–Crippen LogP) is 7.00. The number of hydrogen-bond donors (Lipinski definition) is 1. The van der Waals surface area contributed by atoms with Gasteiger partial charge in [-0.2, -0.15) is 0 Å². The van der Waals surface area contributed by atoms with Gasteiger partial charge in [-0.05, 0) is 47.0 Å². The Balaban J connectivity index is 1.52. The Morgan fingerprint density at radius 1 is 0.810 bits per heavy atom. The van der Waals surface area contributed by atoms with Crippen LogP contribution in [0.2, 0.25) is 0 Å². The van der Waals surface area contributed by atoms with Gasteiger partial charge in [-0.3, -0.25) is 9.10 Å². The fourth-order valence-corrected chi connectivity index (χ4v) is 6.49.